The van der Waals surface area contributed by atoms with Gasteiger partial charge in [0.25, 0.3) is 0 Å². The first-order chi connectivity index (χ1) is 19.4. The second-order valence-corrected chi connectivity index (χ2v) is 12.9. The van der Waals surface area contributed by atoms with Crippen molar-refractivity contribution in [3.05, 3.63) is 70.0 Å². The topological polar surface area (TPSA) is 126 Å². The van der Waals surface area contributed by atoms with Gasteiger partial charge in [0.05, 0.1) is 39.6 Å². The Hall–Kier alpha value is -3.76. The number of aliphatic hydroxyl groups is 1. The van der Waals surface area contributed by atoms with E-state index in [1.165, 1.54) is 16.8 Å². The molecule has 4 rings (SSSR count). The van der Waals surface area contributed by atoms with Crippen molar-refractivity contribution in [3.8, 4) is 23.0 Å². The molecule has 2 aromatic carbocycles. The molecular formula is C29H31ClF2N6O3S. The lowest BCUT2D eigenvalue weighted by Gasteiger charge is -2.22. The molecule has 1 unspecified atom stereocenters. The first-order valence-corrected chi connectivity index (χ1v) is 15.0. The van der Waals surface area contributed by atoms with Gasteiger partial charge >= 0.3 is 0 Å². The summed E-state index contributed by atoms with van der Waals surface area (Å²) >= 11 is 6.54. The Labute approximate surface area is 248 Å². The van der Waals surface area contributed by atoms with Crippen LogP contribution < -0.4 is 15.4 Å². The molecule has 0 aliphatic heterocycles. The summed E-state index contributed by atoms with van der Waals surface area (Å²) in [5.74, 6) is 4.30. The predicted molar refractivity (Wildman–Crippen MR) is 162 cm³/mol. The second-order valence-electron chi connectivity index (χ2n) is 10.7. The lowest BCUT2D eigenvalue weighted by atomic mass is 9.93. The van der Waals surface area contributed by atoms with Gasteiger partial charge in [0, 0.05) is 38.3 Å². The molecule has 4 N–H and O–H groups in total. The average Bonchev–Trinajstić information content (AvgIpc) is 3.16. The third kappa shape index (κ3) is 6.99. The van der Waals surface area contributed by atoms with E-state index in [0.717, 1.165) is 12.3 Å². The van der Waals surface area contributed by atoms with Crippen molar-refractivity contribution in [2.24, 2.45) is 12.8 Å². The number of aromatic nitrogens is 3. The van der Waals surface area contributed by atoms with E-state index in [0.29, 0.717) is 44.7 Å². The van der Waals surface area contributed by atoms with Crippen LogP contribution in [0.15, 0.2) is 36.4 Å². The lowest BCUT2D eigenvalue weighted by Crippen LogP contribution is -2.20. The van der Waals surface area contributed by atoms with E-state index in [9.17, 15) is 22.3 Å². The SMILES string of the molecule is CN(C)c1cc(-c2ccc(Cl)c3c(NS(C)(=O)=O)nn(C)c23)c(C(N)Cc2cc(F)cc(F)c2)nc1C#CC(C)(C)O. The standard InChI is InChI=1S/C29H31ClF2N6O3S/c1-29(2,39)10-9-23-24(37(3)4)15-20(26(34-23)22(33)13-16-11-17(31)14-18(32)12-16)19-7-8-21(30)25-27(19)38(5)35-28(25)36-42(6,40)41/h7-8,11-12,14-15,22,39H,13,33H2,1-6H3,(H,35,36). The maximum atomic E-state index is 14.0. The largest absolute Gasteiger partial charge is 0.378 e. The smallest absolute Gasteiger partial charge is 0.231 e. The van der Waals surface area contributed by atoms with Crippen LogP contribution in [0.1, 0.15) is 36.8 Å². The van der Waals surface area contributed by atoms with Crippen LogP contribution in [0, 0.1) is 23.5 Å². The molecule has 4 aromatic rings. The lowest BCUT2D eigenvalue weighted by molar-refractivity contribution is 0.143. The second kappa shape index (κ2) is 11.5. The summed E-state index contributed by atoms with van der Waals surface area (Å²) in [4.78, 5) is 6.63. The number of pyridine rings is 1. The van der Waals surface area contributed by atoms with Crippen LogP contribution in [0.25, 0.3) is 22.0 Å². The number of nitrogens with zero attached hydrogens (tertiary/aromatic N) is 4. The molecule has 1 atom stereocenters. The van der Waals surface area contributed by atoms with E-state index in [1.54, 1.807) is 52.0 Å². The Morgan fingerprint density at radius 2 is 1.81 bits per heavy atom. The number of hydrogen-bond donors (Lipinski definition) is 3. The van der Waals surface area contributed by atoms with Gasteiger partial charge in [-0.2, -0.15) is 5.10 Å². The van der Waals surface area contributed by atoms with E-state index in [2.05, 4.69) is 21.7 Å². The monoisotopic (exact) mass is 616 g/mol. The summed E-state index contributed by atoms with van der Waals surface area (Å²) in [6.07, 6.45) is 1.05. The van der Waals surface area contributed by atoms with Crippen molar-refractivity contribution >= 4 is 44.0 Å². The highest BCUT2D eigenvalue weighted by molar-refractivity contribution is 7.92. The minimum absolute atomic E-state index is 0.0390. The molecule has 0 amide bonds. The zero-order chi connectivity index (χ0) is 31.1. The fourth-order valence-corrected chi connectivity index (χ4v) is 5.32. The molecule has 2 heterocycles. The van der Waals surface area contributed by atoms with Crippen molar-refractivity contribution in [1.82, 2.24) is 14.8 Å². The van der Waals surface area contributed by atoms with Crippen molar-refractivity contribution in [1.29, 1.82) is 0 Å². The number of halogens is 3. The highest BCUT2D eigenvalue weighted by atomic mass is 35.5. The van der Waals surface area contributed by atoms with Crippen LogP contribution in [0.5, 0.6) is 0 Å². The van der Waals surface area contributed by atoms with Crippen LogP contribution in [0.2, 0.25) is 5.02 Å². The third-order valence-electron chi connectivity index (χ3n) is 6.24. The van der Waals surface area contributed by atoms with Crippen molar-refractivity contribution in [3.63, 3.8) is 0 Å². The zero-order valence-corrected chi connectivity index (χ0v) is 25.5. The Kier molecular flexibility index (Phi) is 8.53. The molecule has 42 heavy (non-hydrogen) atoms. The maximum absolute atomic E-state index is 14.0. The van der Waals surface area contributed by atoms with Gasteiger partial charge in [-0.15, -0.1) is 0 Å². The highest BCUT2D eigenvalue weighted by Gasteiger charge is 2.25. The number of hydrogen-bond acceptors (Lipinski definition) is 7. The number of aryl methyl sites for hydroxylation is 1. The van der Waals surface area contributed by atoms with Gasteiger partial charge in [-0.05, 0) is 56.0 Å². The number of nitrogens with two attached hydrogens (primary N) is 1. The first kappa shape index (κ1) is 31.2. The van der Waals surface area contributed by atoms with Gasteiger partial charge in [0.15, 0.2) is 5.82 Å². The third-order valence-corrected chi connectivity index (χ3v) is 7.12. The van der Waals surface area contributed by atoms with Gasteiger partial charge in [0.1, 0.15) is 22.9 Å². The average molecular weight is 617 g/mol. The van der Waals surface area contributed by atoms with Crippen LogP contribution in [0.3, 0.4) is 0 Å². The molecule has 222 valence electrons. The Balaban J connectivity index is 2.03. The molecule has 0 saturated carbocycles. The fourth-order valence-electron chi connectivity index (χ4n) is 4.58. The van der Waals surface area contributed by atoms with E-state index >= 15 is 0 Å². The van der Waals surface area contributed by atoms with Crippen LogP contribution in [-0.2, 0) is 23.5 Å². The molecule has 0 radical (unpaired) electrons. The molecule has 0 saturated heterocycles. The zero-order valence-electron chi connectivity index (χ0n) is 23.9. The van der Waals surface area contributed by atoms with Gasteiger partial charge < -0.3 is 15.7 Å². The van der Waals surface area contributed by atoms with Crippen molar-refractivity contribution in [2.45, 2.75) is 31.9 Å². The molecular weight excluding hydrogens is 586 g/mol. The number of anilines is 2. The van der Waals surface area contributed by atoms with Crippen LogP contribution >= 0.6 is 11.6 Å². The molecule has 9 nitrogen and oxygen atoms in total. The molecule has 0 bridgehead atoms. The first-order valence-electron chi connectivity index (χ1n) is 12.7. The summed E-state index contributed by atoms with van der Waals surface area (Å²) < 4.78 is 56.0. The fraction of sp³-hybridized carbons (Fsp3) is 0.310. The predicted octanol–water partition coefficient (Wildman–Crippen LogP) is 4.37. The summed E-state index contributed by atoms with van der Waals surface area (Å²) in [6, 6.07) is 7.52. The van der Waals surface area contributed by atoms with Crippen LogP contribution in [0.4, 0.5) is 20.3 Å². The summed E-state index contributed by atoms with van der Waals surface area (Å²) in [5, 5.41) is 15.2. The van der Waals surface area contributed by atoms with E-state index < -0.39 is 33.3 Å². The number of fused-ring (bicyclic) bond motifs is 1. The number of nitrogens with one attached hydrogen (secondary N) is 1. The quantitative estimate of drug-likeness (QED) is 0.263. The van der Waals surface area contributed by atoms with E-state index in [1.807, 2.05) is 6.07 Å². The molecule has 0 aliphatic carbocycles. The Morgan fingerprint density at radius 1 is 1.17 bits per heavy atom. The minimum atomic E-state index is -3.68. The van der Waals surface area contributed by atoms with Gasteiger partial charge in [-0.25, -0.2) is 22.2 Å². The normalized spacial score (nSPS) is 12.6. The summed E-state index contributed by atoms with van der Waals surface area (Å²) in [6.45, 7) is 3.09. The maximum Gasteiger partial charge on any atom is 0.231 e. The van der Waals surface area contributed by atoms with Gasteiger partial charge in [-0.1, -0.05) is 23.6 Å². The number of rotatable bonds is 7. The minimum Gasteiger partial charge on any atom is -0.378 e. The van der Waals surface area contributed by atoms with E-state index in [-0.39, 0.29) is 17.3 Å². The molecule has 0 fully saturated rings. The van der Waals surface area contributed by atoms with Crippen LogP contribution in [-0.4, -0.2) is 54.2 Å². The van der Waals surface area contributed by atoms with Gasteiger partial charge in [-0.3, -0.25) is 9.40 Å². The van der Waals surface area contributed by atoms with E-state index in [4.69, 9.17) is 22.3 Å². The molecule has 2 aromatic heterocycles. The Morgan fingerprint density at radius 3 is 2.38 bits per heavy atom. The molecule has 0 spiro atoms. The van der Waals surface area contributed by atoms with Crippen molar-refractivity contribution < 1.29 is 22.3 Å². The van der Waals surface area contributed by atoms with Crippen molar-refractivity contribution in [2.75, 3.05) is 30.0 Å². The number of benzene rings is 2. The Bertz CT molecular complexity index is 1840. The summed E-state index contributed by atoms with van der Waals surface area (Å²) in [5.41, 5.74) is 8.63. The number of sulfonamides is 1. The molecule has 0 aliphatic rings. The molecule has 13 heteroatoms. The highest BCUT2D eigenvalue weighted by Crippen LogP contribution is 2.41. The summed E-state index contributed by atoms with van der Waals surface area (Å²) in [7, 11) is 1.58. The van der Waals surface area contributed by atoms with Gasteiger partial charge in [0.2, 0.25) is 10.0 Å².